The van der Waals surface area contributed by atoms with Crippen LogP contribution in [0.3, 0.4) is 0 Å². The lowest BCUT2D eigenvalue weighted by Gasteiger charge is -2.43. The van der Waals surface area contributed by atoms with Gasteiger partial charge in [-0.2, -0.15) is 8.75 Å². The minimum Gasteiger partial charge on any atom is -0.478 e. The zero-order valence-electron chi connectivity index (χ0n) is 16.5. The van der Waals surface area contributed by atoms with Crippen LogP contribution in [0.1, 0.15) is 49.5 Å². The molecule has 3 aliphatic heterocycles. The van der Waals surface area contributed by atoms with Crippen molar-refractivity contribution in [2.75, 3.05) is 25.4 Å². The molecule has 3 fully saturated rings. The molecule has 10 heteroatoms. The summed E-state index contributed by atoms with van der Waals surface area (Å²) in [5.74, 6) is -0.496. The molecule has 29 heavy (non-hydrogen) atoms. The molecule has 1 unspecified atom stereocenters. The summed E-state index contributed by atoms with van der Waals surface area (Å²) < 4.78 is 8.67. The smallest absolute Gasteiger partial charge is 0.328 e. The molecule has 0 aromatic carbocycles. The highest BCUT2D eigenvalue weighted by Crippen LogP contribution is 2.35. The molecule has 1 atom stereocenters. The molecule has 0 radical (unpaired) electrons. The highest BCUT2D eigenvalue weighted by molar-refractivity contribution is 7.99. The van der Waals surface area contributed by atoms with Crippen molar-refractivity contribution in [3.63, 3.8) is 0 Å². The van der Waals surface area contributed by atoms with Crippen molar-refractivity contribution in [1.29, 1.82) is 0 Å². The van der Waals surface area contributed by atoms with Crippen LogP contribution in [-0.4, -0.2) is 67.0 Å². The zero-order chi connectivity index (χ0) is 21.2. The Hall–Kier alpha value is -1.78. The van der Waals surface area contributed by atoms with Gasteiger partial charge in [0.1, 0.15) is 5.03 Å². The Balaban J connectivity index is 0.000000321. The van der Waals surface area contributed by atoms with E-state index in [1.54, 1.807) is 11.8 Å². The first-order valence-corrected chi connectivity index (χ1v) is 11.5. The minimum absolute atomic E-state index is 0.159. The number of carboxylic acid groups (broad SMARTS) is 2. The number of aromatic nitrogens is 2. The predicted molar refractivity (Wildman–Crippen MR) is 112 cm³/mol. The van der Waals surface area contributed by atoms with Crippen LogP contribution in [0.15, 0.2) is 17.2 Å². The first-order chi connectivity index (χ1) is 13.9. The third-order valence-corrected chi connectivity index (χ3v) is 6.73. The van der Waals surface area contributed by atoms with E-state index in [9.17, 15) is 14.4 Å². The first kappa shape index (κ1) is 23.5. The van der Waals surface area contributed by atoms with Crippen LogP contribution in [0.2, 0.25) is 0 Å². The number of aliphatic carboxylic acids is 2. The highest BCUT2D eigenvalue weighted by Gasteiger charge is 2.40. The molecule has 8 nitrogen and oxygen atoms in total. The van der Waals surface area contributed by atoms with Gasteiger partial charge in [0, 0.05) is 24.6 Å². The lowest BCUT2D eigenvalue weighted by molar-refractivity contribution is -0.134. The Morgan fingerprint density at radius 2 is 1.79 bits per heavy atom. The Bertz CT molecular complexity index is 713. The summed E-state index contributed by atoms with van der Waals surface area (Å²) in [4.78, 5) is 34.4. The number of hydrogen-bond donors (Lipinski definition) is 2. The molecule has 2 bridgehead atoms. The molecule has 3 aliphatic rings. The summed E-state index contributed by atoms with van der Waals surface area (Å²) in [5.41, 5.74) is 0.653. The Kier molecular flexibility index (Phi) is 9.75. The number of piperidine rings is 3. The van der Waals surface area contributed by atoms with E-state index < -0.39 is 11.9 Å². The monoisotopic (exact) mass is 441 g/mol. The van der Waals surface area contributed by atoms with E-state index in [-0.39, 0.29) is 11.7 Å². The van der Waals surface area contributed by atoms with Gasteiger partial charge < -0.3 is 15.1 Å². The molecule has 0 aliphatic carbocycles. The average molecular weight is 442 g/mol. The maximum absolute atomic E-state index is 12.8. The average Bonchev–Trinajstić information content (AvgIpc) is 3.19. The van der Waals surface area contributed by atoms with E-state index in [0.717, 1.165) is 17.3 Å². The van der Waals surface area contributed by atoms with Crippen molar-refractivity contribution in [2.24, 2.45) is 11.8 Å². The second-order valence-electron chi connectivity index (χ2n) is 7.09. The Morgan fingerprint density at radius 1 is 1.14 bits per heavy atom. The number of fused-ring (bicyclic) bond motifs is 3. The van der Waals surface area contributed by atoms with Gasteiger partial charge in [-0.3, -0.25) is 4.79 Å². The zero-order valence-corrected chi connectivity index (χ0v) is 18.1. The van der Waals surface area contributed by atoms with E-state index in [1.165, 1.54) is 56.9 Å². The number of rotatable bonds is 9. The van der Waals surface area contributed by atoms with E-state index >= 15 is 0 Å². The molecule has 4 heterocycles. The summed E-state index contributed by atoms with van der Waals surface area (Å²) in [6.45, 7) is 5.48. The van der Waals surface area contributed by atoms with Gasteiger partial charge >= 0.3 is 11.9 Å². The number of Topliss-reactive ketones (excluding diaryl/α,β-unsaturated/α-hetero) is 1. The van der Waals surface area contributed by atoms with Crippen molar-refractivity contribution in [3.8, 4) is 0 Å². The molecule has 160 valence electrons. The number of carboxylic acids is 2. The van der Waals surface area contributed by atoms with Crippen LogP contribution >= 0.6 is 23.5 Å². The Labute approximate surface area is 178 Å². The van der Waals surface area contributed by atoms with Crippen LogP contribution in [-0.2, 0) is 9.59 Å². The largest absolute Gasteiger partial charge is 0.478 e. The molecule has 1 aromatic rings. The van der Waals surface area contributed by atoms with Gasteiger partial charge in [0.25, 0.3) is 0 Å². The molecular weight excluding hydrogens is 414 g/mol. The standard InChI is InChI=1S/C15H23N3OS2.C4H4O4/c1-2-3-4-9-20-15-13(16-21-17-15)14(19)12-10-18-7-5-11(12)6-8-18;5-3(6)1-2-4(7)8/h11-12H,2-10H2,1H3;1-2H,(H,5,6)(H,7,8)/b;2-1+. The third kappa shape index (κ3) is 7.52. The predicted octanol–water partition coefficient (Wildman–Crippen LogP) is 3.06. The van der Waals surface area contributed by atoms with Crippen LogP contribution < -0.4 is 0 Å². The maximum Gasteiger partial charge on any atom is 0.328 e. The van der Waals surface area contributed by atoms with Gasteiger partial charge in [-0.05, 0) is 44.0 Å². The van der Waals surface area contributed by atoms with Gasteiger partial charge in [0.15, 0.2) is 11.5 Å². The maximum atomic E-state index is 12.8. The first-order valence-electron chi connectivity index (χ1n) is 9.78. The van der Waals surface area contributed by atoms with Gasteiger partial charge in [0.05, 0.1) is 11.7 Å². The minimum atomic E-state index is -1.26. The number of thioether (sulfide) groups is 1. The van der Waals surface area contributed by atoms with E-state index in [2.05, 4.69) is 20.6 Å². The van der Waals surface area contributed by atoms with Crippen LogP contribution in [0, 0.1) is 11.8 Å². The quantitative estimate of drug-likeness (QED) is 0.258. The fourth-order valence-electron chi connectivity index (χ4n) is 3.53. The summed E-state index contributed by atoms with van der Waals surface area (Å²) in [5, 5.41) is 16.5. The van der Waals surface area contributed by atoms with E-state index in [4.69, 9.17) is 10.2 Å². The molecule has 0 amide bonds. The summed E-state index contributed by atoms with van der Waals surface area (Å²) >= 11 is 2.90. The van der Waals surface area contributed by atoms with Gasteiger partial charge in [-0.1, -0.05) is 19.8 Å². The van der Waals surface area contributed by atoms with Crippen LogP contribution in [0.4, 0.5) is 0 Å². The second-order valence-corrected chi connectivity index (χ2v) is 8.70. The lowest BCUT2D eigenvalue weighted by Crippen LogP contribution is -2.50. The van der Waals surface area contributed by atoms with Crippen molar-refractivity contribution in [2.45, 2.75) is 44.1 Å². The van der Waals surface area contributed by atoms with Crippen LogP contribution in [0.25, 0.3) is 0 Å². The van der Waals surface area contributed by atoms with Gasteiger partial charge in [-0.15, -0.1) is 11.8 Å². The normalized spacial score (nSPS) is 22.9. The van der Waals surface area contributed by atoms with Crippen molar-refractivity contribution >= 4 is 41.2 Å². The summed E-state index contributed by atoms with van der Waals surface area (Å²) in [6, 6.07) is 0. The molecule has 0 spiro atoms. The van der Waals surface area contributed by atoms with Crippen molar-refractivity contribution in [3.05, 3.63) is 17.8 Å². The molecule has 1 aromatic heterocycles. The van der Waals surface area contributed by atoms with Gasteiger partial charge in [-0.25, -0.2) is 9.59 Å². The number of hydrogen-bond acceptors (Lipinski definition) is 8. The van der Waals surface area contributed by atoms with E-state index in [0.29, 0.717) is 23.8 Å². The number of carbonyl (C=O) groups excluding carboxylic acids is 1. The number of unbranched alkanes of at least 4 members (excludes halogenated alkanes) is 2. The fourth-order valence-corrected chi connectivity index (χ4v) is 5.18. The lowest BCUT2D eigenvalue weighted by atomic mass is 9.76. The van der Waals surface area contributed by atoms with Crippen molar-refractivity contribution < 1.29 is 24.6 Å². The topological polar surface area (TPSA) is 121 Å². The number of carbonyl (C=O) groups is 3. The SMILES string of the molecule is CCCCCSc1nsnc1C(=O)C1CN2CCC1CC2.O=C(O)/C=C/C(=O)O. The van der Waals surface area contributed by atoms with Gasteiger partial charge in [0.2, 0.25) is 0 Å². The Morgan fingerprint density at radius 3 is 2.31 bits per heavy atom. The summed E-state index contributed by atoms with van der Waals surface area (Å²) in [7, 11) is 0. The molecular formula is C19H27N3O5S2. The molecule has 2 N–H and O–H groups in total. The molecule has 4 rings (SSSR count). The van der Waals surface area contributed by atoms with Crippen LogP contribution in [0.5, 0.6) is 0 Å². The number of nitrogens with zero attached hydrogens (tertiary/aromatic N) is 3. The molecule has 3 saturated heterocycles. The second kappa shape index (κ2) is 12.0. The van der Waals surface area contributed by atoms with E-state index in [1.807, 2.05) is 0 Å². The fraction of sp³-hybridized carbons (Fsp3) is 0.632. The molecule has 0 saturated carbocycles. The number of ketones is 1. The summed E-state index contributed by atoms with van der Waals surface area (Å²) in [6.07, 6.45) is 7.12. The highest BCUT2D eigenvalue weighted by atomic mass is 32.2. The van der Waals surface area contributed by atoms with Crippen molar-refractivity contribution in [1.82, 2.24) is 13.6 Å². The third-order valence-electron chi connectivity index (χ3n) is 5.04.